The van der Waals surface area contributed by atoms with Gasteiger partial charge < -0.3 is 15.5 Å². The van der Waals surface area contributed by atoms with E-state index in [4.69, 9.17) is 0 Å². The van der Waals surface area contributed by atoms with E-state index in [1.54, 1.807) is 0 Å². The van der Waals surface area contributed by atoms with Crippen LogP contribution in [0.5, 0.6) is 0 Å². The number of guanidine groups is 1. The van der Waals surface area contributed by atoms with Crippen molar-refractivity contribution in [3.8, 4) is 0 Å². The van der Waals surface area contributed by atoms with Crippen LogP contribution in [0.1, 0.15) is 51.4 Å². The summed E-state index contributed by atoms with van der Waals surface area (Å²) in [5, 5.41) is 6.78. The number of halogens is 1. The maximum absolute atomic E-state index is 4.26. The number of hydrogen-bond donors (Lipinski definition) is 2. The Kier molecular flexibility index (Phi) is 13.6. The molecule has 5 heteroatoms. The zero-order chi connectivity index (χ0) is 14.6. The standard InChI is InChI=1S/C16H34N4.HI/c1-17-16(19-13-8-14-20(2)3)18-12-7-6-11-15-9-4-5-10-15;/h15H,4-14H2,1-3H3,(H2,17,18,19);1H. The molecule has 0 radical (unpaired) electrons. The van der Waals surface area contributed by atoms with E-state index < -0.39 is 0 Å². The third kappa shape index (κ3) is 11.2. The van der Waals surface area contributed by atoms with Gasteiger partial charge in [-0.2, -0.15) is 0 Å². The fourth-order valence-corrected chi connectivity index (χ4v) is 2.89. The lowest BCUT2D eigenvalue weighted by atomic mass is 10.0. The second-order valence-corrected chi connectivity index (χ2v) is 6.23. The summed E-state index contributed by atoms with van der Waals surface area (Å²) >= 11 is 0. The molecule has 4 nitrogen and oxygen atoms in total. The maximum Gasteiger partial charge on any atom is 0.190 e. The van der Waals surface area contributed by atoms with Crippen LogP contribution in [-0.2, 0) is 0 Å². The highest BCUT2D eigenvalue weighted by Gasteiger charge is 2.13. The molecule has 0 aromatic carbocycles. The zero-order valence-electron chi connectivity index (χ0n) is 14.2. The van der Waals surface area contributed by atoms with Crippen molar-refractivity contribution in [3.05, 3.63) is 0 Å². The molecular formula is C16H35IN4. The predicted molar refractivity (Wildman–Crippen MR) is 104 cm³/mol. The Morgan fingerprint density at radius 1 is 1.05 bits per heavy atom. The molecule has 1 saturated carbocycles. The summed E-state index contributed by atoms with van der Waals surface area (Å²) in [6.07, 6.45) is 11.1. The van der Waals surface area contributed by atoms with E-state index in [1.807, 2.05) is 7.05 Å². The number of nitrogens with zero attached hydrogens (tertiary/aromatic N) is 2. The molecule has 126 valence electrons. The monoisotopic (exact) mass is 410 g/mol. The number of nitrogens with one attached hydrogen (secondary N) is 2. The van der Waals surface area contributed by atoms with Crippen LogP contribution in [0, 0.1) is 5.92 Å². The summed E-state index contributed by atoms with van der Waals surface area (Å²) in [5.74, 6) is 1.98. The molecule has 0 amide bonds. The van der Waals surface area contributed by atoms with Crippen LogP contribution < -0.4 is 10.6 Å². The zero-order valence-corrected chi connectivity index (χ0v) is 16.5. The van der Waals surface area contributed by atoms with Gasteiger partial charge in [0.25, 0.3) is 0 Å². The van der Waals surface area contributed by atoms with Gasteiger partial charge in [-0.05, 0) is 39.4 Å². The molecule has 0 aromatic rings. The predicted octanol–water partition coefficient (Wildman–Crippen LogP) is 3.08. The Morgan fingerprint density at radius 3 is 2.24 bits per heavy atom. The fourth-order valence-electron chi connectivity index (χ4n) is 2.89. The molecule has 1 aliphatic rings. The van der Waals surface area contributed by atoms with Crippen molar-refractivity contribution in [1.29, 1.82) is 0 Å². The van der Waals surface area contributed by atoms with E-state index in [0.717, 1.165) is 37.9 Å². The summed E-state index contributed by atoms with van der Waals surface area (Å²) in [7, 11) is 6.06. The number of hydrogen-bond acceptors (Lipinski definition) is 2. The molecule has 1 rings (SSSR count). The van der Waals surface area contributed by atoms with Gasteiger partial charge >= 0.3 is 0 Å². The summed E-state index contributed by atoms with van der Waals surface area (Å²) in [6, 6.07) is 0. The quantitative estimate of drug-likeness (QED) is 0.266. The second kappa shape index (κ2) is 13.6. The van der Waals surface area contributed by atoms with Gasteiger partial charge in [-0.15, -0.1) is 24.0 Å². The molecule has 21 heavy (non-hydrogen) atoms. The van der Waals surface area contributed by atoms with E-state index in [-0.39, 0.29) is 24.0 Å². The number of rotatable bonds is 9. The first-order valence-corrected chi connectivity index (χ1v) is 8.31. The van der Waals surface area contributed by atoms with Crippen molar-refractivity contribution in [2.24, 2.45) is 10.9 Å². The average Bonchev–Trinajstić information content (AvgIpc) is 2.93. The maximum atomic E-state index is 4.26. The van der Waals surface area contributed by atoms with E-state index in [2.05, 4.69) is 34.6 Å². The first-order valence-electron chi connectivity index (χ1n) is 8.31. The molecule has 0 aliphatic heterocycles. The van der Waals surface area contributed by atoms with Crippen molar-refractivity contribution < 1.29 is 0 Å². The minimum atomic E-state index is 0. The Balaban J connectivity index is 0.00000400. The summed E-state index contributed by atoms with van der Waals surface area (Å²) in [6.45, 7) is 3.14. The van der Waals surface area contributed by atoms with Crippen LogP contribution in [-0.4, -0.2) is 51.6 Å². The molecule has 0 unspecified atom stereocenters. The average molecular weight is 410 g/mol. The van der Waals surface area contributed by atoms with Gasteiger partial charge in [0, 0.05) is 20.1 Å². The lowest BCUT2D eigenvalue weighted by molar-refractivity contribution is 0.399. The van der Waals surface area contributed by atoms with Crippen LogP contribution in [0.25, 0.3) is 0 Å². The Labute approximate surface area is 148 Å². The molecule has 0 saturated heterocycles. The normalized spacial score (nSPS) is 16.1. The molecule has 1 fully saturated rings. The van der Waals surface area contributed by atoms with E-state index >= 15 is 0 Å². The van der Waals surface area contributed by atoms with Gasteiger partial charge in [0.1, 0.15) is 0 Å². The lowest BCUT2D eigenvalue weighted by Crippen LogP contribution is -2.38. The minimum Gasteiger partial charge on any atom is -0.356 e. The van der Waals surface area contributed by atoms with Crippen molar-refractivity contribution in [2.45, 2.75) is 51.4 Å². The van der Waals surface area contributed by atoms with Crippen LogP contribution in [0.4, 0.5) is 0 Å². The van der Waals surface area contributed by atoms with Crippen LogP contribution >= 0.6 is 24.0 Å². The highest BCUT2D eigenvalue weighted by Crippen LogP contribution is 2.28. The van der Waals surface area contributed by atoms with E-state index in [0.29, 0.717) is 0 Å². The van der Waals surface area contributed by atoms with Gasteiger partial charge in [-0.1, -0.05) is 38.5 Å². The van der Waals surface area contributed by atoms with Crippen LogP contribution in [0.3, 0.4) is 0 Å². The highest BCUT2D eigenvalue weighted by atomic mass is 127. The van der Waals surface area contributed by atoms with Gasteiger partial charge in [-0.25, -0.2) is 0 Å². The Bertz CT molecular complexity index is 263. The molecule has 0 heterocycles. The van der Waals surface area contributed by atoms with Crippen LogP contribution in [0.15, 0.2) is 4.99 Å². The highest BCUT2D eigenvalue weighted by molar-refractivity contribution is 14.0. The molecular weight excluding hydrogens is 375 g/mol. The largest absolute Gasteiger partial charge is 0.356 e. The topological polar surface area (TPSA) is 39.7 Å². The third-order valence-corrected chi connectivity index (χ3v) is 4.10. The van der Waals surface area contributed by atoms with E-state index in [1.165, 1.54) is 44.9 Å². The molecule has 2 N–H and O–H groups in total. The van der Waals surface area contributed by atoms with Gasteiger partial charge in [0.15, 0.2) is 5.96 Å². The summed E-state index contributed by atoms with van der Waals surface area (Å²) in [4.78, 5) is 6.47. The molecule has 0 atom stereocenters. The second-order valence-electron chi connectivity index (χ2n) is 6.23. The molecule has 0 aromatic heterocycles. The third-order valence-electron chi connectivity index (χ3n) is 4.10. The SMILES string of the molecule is CN=C(NCCCCC1CCCC1)NCCCN(C)C.I. The summed E-state index contributed by atoms with van der Waals surface area (Å²) < 4.78 is 0. The van der Waals surface area contributed by atoms with Gasteiger partial charge in [0.2, 0.25) is 0 Å². The van der Waals surface area contributed by atoms with Crippen molar-refractivity contribution in [1.82, 2.24) is 15.5 Å². The van der Waals surface area contributed by atoms with Crippen LogP contribution in [0.2, 0.25) is 0 Å². The minimum absolute atomic E-state index is 0. The molecule has 0 bridgehead atoms. The first-order chi connectivity index (χ1) is 9.72. The molecule has 1 aliphatic carbocycles. The lowest BCUT2D eigenvalue weighted by Gasteiger charge is -2.14. The van der Waals surface area contributed by atoms with E-state index in [9.17, 15) is 0 Å². The van der Waals surface area contributed by atoms with Crippen molar-refractivity contribution in [2.75, 3.05) is 40.8 Å². The van der Waals surface area contributed by atoms with Crippen molar-refractivity contribution >= 4 is 29.9 Å². The fraction of sp³-hybridized carbons (Fsp3) is 0.938. The smallest absolute Gasteiger partial charge is 0.190 e. The van der Waals surface area contributed by atoms with Crippen molar-refractivity contribution in [3.63, 3.8) is 0 Å². The first kappa shape index (κ1) is 21.0. The number of unbranched alkanes of at least 4 members (excludes halogenated alkanes) is 1. The molecule has 0 spiro atoms. The number of aliphatic imine (C=N–C) groups is 1. The van der Waals surface area contributed by atoms with Gasteiger partial charge in [-0.3, -0.25) is 4.99 Å². The Hall–Kier alpha value is -0.0400. The van der Waals surface area contributed by atoms with Gasteiger partial charge in [0.05, 0.1) is 0 Å². The Morgan fingerprint density at radius 2 is 1.67 bits per heavy atom. The summed E-state index contributed by atoms with van der Waals surface area (Å²) in [5.41, 5.74) is 0.